The highest BCUT2D eigenvalue weighted by Gasteiger charge is 2.26. The highest BCUT2D eigenvalue weighted by Crippen LogP contribution is 2.32. The molecule has 1 atom stereocenters. The first kappa shape index (κ1) is 16.7. The van der Waals surface area contributed by atoms with Crippen molar-refractivity contribution in [3.63, 3.8) is 0 Å². The van der Waals surface area contributed by atoms with Gasteiger partial charge in [0.05, 0.1) is 24.9 Å². The molecule has 140 valence electrons. The van der Waals surface area contributed by atoms with Crippen molar-refractivity contribution in [3.8, 4) is 11.5 Å². The summed E-state index contributed by atoms with van der Waals surface area (Å²) in [4.78, 5) is 12.2. The monoisotopic (exact) mass is 364 g/mol. The van der Waals surface area contributed by atoms with Gasteiger partial charge in [-0.2, -0.15) is 0 Å². The Morgan fingerprint density at radius 1 is 1.15 bits per heavy atom. The minimum atomic E-state index is 0.268. The highest BCUT2D eigenvalue weighted by atomic mass is 16.5. The molecule has 0 bridgehead atoms. The Morgan fingerprint density at radius 3 is 2.93 bits per heavy atom. The lowest BCUT2D eigenvalue weighted by Crippen LogP contribution is -2.44. The van der Waals surface area contributed by atoms with Gasteiger partial charge in [0.1, 0.15) is 11.3 Å². The van der Waals surface area contributed by atoms with Crippen molar-refractivity contribution in [2.45, 2.75) is 25.8 Å². The molecule has 0 amide bonds. The van der Waals surface area contributed by atoms with E-state index >= 15 is 0 Å². The van der Waals surface area contributed by atoms with Crippen molar-refractivity contribution in [1.82, 2.24) is 15.3 Å². The first-order chi connectivity index (χ1) is 13.3. The van der Waals surface area contributed by atoms with E-state index in [4.69, 9.17) is 19.1 Å². The number of anilines is 1. The summed E-state index contributed by atoms with van der Waals surface area (Å²) in [6, 6.07) is 10.5. The molecule has 3 aromatic rings. The van der Waals surface area contributed by atoms with Crippen molar-refractivity contribution in [2.24, 2.45) is 0 Å². The number of ether oxygens (including phenoxy) is 1. The van der Waals surface area contributed by atoms with E-state index in [-0.39, 0.29) is 6.04 Å². The van der Waals surface area contributed by atoms with Gasteiger partial charge in [0.2, 0.25) is 5.95 Å². The van der Waals surface area contributed by atoms with Crippen LogP contribution in [0.2, 0.25) is 0 Å². The molecule has 6 heteroatoms. The van der Waals surface area contributed by atoms with E-state index in [9.17, 15) is 0 Å². The zero-order valence-corrected chi connectivity index (χ0v) is 15.6. The number of furan rings is 1. The second-order valence-corrected chi connectivity index (χ2v) is 7.31. The molecule has 2 aliphatic heterocycles. The molecule has 0 aliphatic carbocycles. The van der Waals surface area contributed by atoms with Gasteiger partial charge in [-0.15, -0.1) is 0 Å². The quantitative estimate of drug-likeness (QED) is 0.754. The first-order valence-corrected chi connectivity index (χ1v) is 9.73. The average Bonchev–Trinajstić information content (AvgIpc) is 2.98. The Balaban J connectivity index is 1.66. The van der Waals surface area contributed by atoms with Gasteiger partial charge in [-0.25, -0.2) is 9.97 Å². The molecule has 1 fully saturated rings. The summed E-state index contributed by atoms with van der Waals surface area (Å²) in [5.74, 6) is 1.63. The normalized spacial score (nSPS) is 20.5. The van der Waals surface area contributed by atoms with E-state index in [0.717, 1.165) is 66.5 Å². The van der Waals surface area contributed by atoms with E-state index in [1.807, 2.05) is 18.2 Å². The van der Waals surface area contributed by atoms with E-state index < -0.39 is 0 Å². The fraction of sp³-hybridized carbons (Fsp3) is 0.429. The molecule has 0 radical (unpaired) electrons. The van der Waals surface area contributed by atoms with Crippen molar-refractivity contribution in [2.75, 3.05) is 37.7 Å². The van der Waals surface area contributed by atoms with Gasteiger partial charge in [0.15, 0.2) is 5.76 Å². The second-order valence-electron chi connectivity index (χ2n) is 7.31. The number of hydrogen-bond acceptors (Lipinski definition) is 6. The minimum Gasteiger partial charge on any atom is -0.454 e. The van der Waals surface area contributed by atoms with Gasteiger partial charge in [-0.05, 0) is 32.0 Å². The van der Waals surface area contributed by atoms with Crippen molar-refractivity contribution in [1.29, 1.82) is 0 Å². The summed E-state index contributed by atoms with van der Waals surface area (Å²) in [6.07, 6.45) is 1.83. The summed E-state index contributed by atoms with van der Waals surface area (Å²) >= 11 is 0. The lowest BCUT2D eigenvalue weighted by molar-refractivity contribution is 0.0980. The van der Waals surface area contributed by atoms with E-state index in [1.165, 1.54) is 5.56 Å². The number of morpholine rings is 1. The largest absolute Gasteiger partial charge is 0.454 e. The Morgan fingerprint density at radius 2 is 2.04 bits per heavy atom. The van der Waals surface area contributed by atoms with Crippen LogP contribution >= 0.6 is 0 Å². The van der Waals surface area contributed by atoms with Crippen LogP contribution in [-0.4, -0.2) is 48.9 Å². The fourth-order valence-corrected chi connectivity index (χ4v) is 3.99. The van der Waals surface area contributed by atoms with Crippen LogP contribution in [0.15, 0.2) is 34.7 Å². The number of aromatic nitrogens is 2. The molecule has 4 heterocycles. The summed E-state index contributed by atoms with van der Waals surface area (Å²) in [5.41, 5.74) is 4.18. The summed E-state index contributed by atoms with van der Waals surface area (Å²) in [7, 11) is 0. The predicted octanol–water partition coefficient (Wildman–Crippen LogP) is 2.80. The maximum Gasteiger partial charge on any atom is 0.226 e. The SMILES string of the molecule is C[C@H]1COCCN1c1nc2c(c(-c3cc4ccccc4o3)n1)CCNCC2. The molecule has 27 heavy (non-hydrogen) atoms. The van der Waals surface area contributed by atoms with Crippen LogP contribution in [0.1, 0.15) is 18.2 Å². The van der Waals surface area contributed by atoms with Crippen LogP contribution in [-0.2, 0) is 17.6 Å². The molecule has 2 aromatic heterocycles. The van der Waals surface area contributed by atoms with Gasteiger partial charge in [0, 0.05) is 30.5 Å². The molecule has 0 saturated carbocycles. The number of hydrogen-bond donors (Lipinski definition) is 1. The number of fused-ring (bicyclic) bond motifs is 2. The van der Waals surface area contributed by atoms with Gasteiger partial charge in [-0.3, -0.25) is 0 Å². The molecular weight excluding hydrogens is 340 g/mol. The Hall–Kier alpha value is -2.44. The minimum absolute atomic E-state index is 0.268. The van der Waals surface area contributed by atoms with Crippen molar-refractivity contribution < 1.29 is 9.15 Å². The van der Waals surface area contributed by atoms with Crippen LogP contribution in [0, 0.1) is 0 Å². The zero-order chi connectivity index (χ0) is 18.2. The Bertz CT molecular complexity index is 935. The number of nitrogens with one attached hydrogen (secondary N) is 1. The highest BCUT2D eigenvalue weighted by molar-refractivity contribution is 5.82. The Labute approximate surface area is 158 Å². The smallest absolute Gasteiger partial charge is 0.226 e. The number of benzene rings is 1. The van der Waals surface area contributed by atoms with Crippen LogP contribution in [0.3, 0.4) is 0 Å². The zero-order valence-electron chi connectivity index (χ0n) is 15.6. The molecule has 2 aliphatic rings. The number of para-hydroxylation sites is 1. The third-order valence-electron chi connectivity index (χ3n) is 5.45. The van der Waals surface area contributed by atoms with Crippen LogP contribution < -0.4 is 10.2 Å². The molecule has 1 aromatic carbocycles. The fourth-order valence-electron chi connectivity index (χ4n) is 3.99. The second kappa shape index (κ2) is 6.94. The summed E-state index contributed by atoms with van der Waals surface area (Å²) in [5, 5.41) is 4.58. The first-order valence-electron chi connectivity index (χ1n) is 9.73. The Kier molecular flexibility index (Phi) is 4.30. The van der Waals surface area contributed by atoms with E-state index in [1.54, 1.807) is 0 Å². The third-order valence-corrected chi connectivity index (χ3v) is 5.45. The predicted molar refractivity (Wildman–Crippen MR) is 105 cm³/mol. The average molecular weight is 364 g/mol. The molecule has 0 unspecified atom stereocenters. The molecule has 1 saturated heterocycles. The number of rotatable bonds is 2. The van der Waals surface area contributed by atoms with E-state index in [2.05, 4.69) is 29.3 Å². The van der Waals surface area contributed by atoms with Gasteiger partial charge < -0.3 is 19.4 Å². The van der Waals surface area contributed by atoms with Crippen LogP contribution in [0.25, 0.3) is 22.4 Å². The maximum absolute atomic E-state index is 6.18. The van der Waals surface area contributed by atoms with Crippen LogP contribution in [0.4, 0.5) is 5.95 Å². The maximum atomic E-state index is 6.18. The van der Waals surface area contributed by atoms with Crippen molar-refractivity contribution >= 4 is 16.9 Å². The lowest BCUT2D eigenvalue weighted by Gasteiger charge is -2.33. The van der Waals surface area contributed by atoms with E-state index in [0.29, 0.717) is 13.2 Å². The summed E-state index contributed by atoms with van der Waals surface area (Å²) in [6.45, 7) is 6.29. The molecule has 0 spiro atoms. The number of nitrogens with zero attached hydrogens (tertiary/aromatic N) is 3. The molecule has 6 nitrogen and oxygen atoms in total. The lowest BCUT2D eigenvalue weighted by atomic mass is 10.0. The summed E-state index contributed by atoms with van der Waals surface area (Å²) < 4.78 is 11.8. The molecule has 5 rings (SSSR count). The molecule has 1 N–H and O–H groups in total. The molecular formula is C21H24N4O2. The topological polar surface area (TPSA) is 63.4 Å². The van der Waals surface area contributed by atoms with Gasteiger partial charge in [0.25, 0.3) is 0 Å². The van der Waals surface area contributed by atoms with Gasteiger partial charge in [-0.1, -0.05) is 18.2 Å². The van der Waals surface area contributed by atoms with Crippen LogP contribution in [0.5, 0.6) is 0 Å². The standard InChI is InChI=1S/C21H24N4O2/c1-14-13-26-11-10-25(14)21-23-17-7-9-22-8-6-16(17)20(24-21)19-12-15-4-2-3-5-18(15)27-19/h2-5,12,14,22H,6-11,13H2,1H3/t14-/m0/s1. The third kappa shape index (κ3) is 3.09. The van der Waals surface area contributed by atoms with Gasteiger partial charge >= 0.3 is 0 Å². The van der Waals surface area contributed by atoms with Crippen molar-refractivity contribution in [3.05, 3.63) is 41.6 Å².